The van der Waals surface area contributed by atoms with Gasteiger partial charge in [-0.2, -0.15) is 0 Å². The highest BCUT2D eigenvalue weighted by Crippen LogP contribution is 2.25. The fourth-order valence-electron chi connectivity index (χ4n) is 1.65. The fourth-order valence-corrected chi connectivity index (χ4v) is 1.65. The lowest BCUT2D eigenvalue weighted by atomic mass is 9.82. The molecule has 0 fully saturated rings. The molecule has 2 atom stereocenters. The van der Waals surface area contributed by atoms with Crippen LogP contribution in [0.3, 0.4) is 0 Å². The SMILES string of the molecule is CC(CNC(=O)C(C)(N)c1ccccc1)C(C)(C)C. The van der Waals surface area contributed by atoms with Crippen molar-refractivity contribution in [3.8, 4) is 0 Å². The Bertz CT molecular complexity index is 418. The fraction of sp³-hybridized carbons (Fsp3) is 0.562. The van der Waals surface area contributed by atoms with E-state index in [1.807, 2.05) is 30.3 Å². The van der Waals surface area contributed by atoms with Gasteiger partial charge in [0.2, 0.25) is 5.91 Å². The van der Waals surface area contributed by atoms with Gasteiger partial charge in [-0.25, -0.2) is 0 Å². The number of hydrogen-bond donors (Lipinski definition) is 2. The van der Waals surface area contributed by atoms with E-state index in [4.69, 9.17) is 5.73 Å². The maximum Gasteiger partial charge on any atom is 0.244 e. The van der Waals surface area contributed by atoms with Gasteiger partial charge in [-0.1, -0.05) is 58.0 Å². The quantitative estimate of drug-likeness (QED) is 0.876. The van der Waals surface area contributed by atoms with Crippen LogP contribution in [-0.2, 0) is 10.3 Å². The zero-order chi connectivity index (χ0) is 14.7. The van der Waals surface area contributed by atoms with E-state index < -0.39 is 5.54 Å². The molecule has 0 heterocycles. The van der Waals surface area contributed by atoms with Gasteiger partial charge in [0, 0.05) is 6.54 Å². The summed E-state index contributed by atoms with van der Waals surface area (Å²) >= 11 is 0. The van der Waals surface area contributed by atoms with Crippen LogP contribution in [0.15, 0.2) is 30.3 Å². The normalized spacial score (nSPS) is 16.5. The van der Waals surface area contributed by atoms with Gasteiger partial charge >= 0.3 is 0 Å². The monoisotopic (exact) mass is 262 g/mol. The molecule has 0 saturated carbocycles. The van der Waals surface area contributed by atoms with Crippen molar-refractivity contribution in [1.29, 1.82) is 0 Å². The molecule has 106 valence electrons. The van der Waals surface area contributed by atoms with Crippen LogP contribution in [0.4, 0.5) is 0 Å². The summed E-state index contributed by atoms with van der Waals surface area (Å²) in [5.41, 5.74) is 6.18. The third-order valence-corrected chi connectivity index (χ3v) is 3.89. The number of rotatable bonds is 4. The van der Waals surface area contributed by atoms with Crippen molar-refractivity contribution in [3.63, 3.8) is 0 Å². The van der Waals surface area contributed by atoms with Crippen LogP contribution in [0, 0.1) is 11.3 Å². The lowest BCUT2D eigenvalue weighted by Crippen LogP contribution is -2.50. The van der Waals surface area contributed by atoms with Crippen LogP contribution < -0.4 is 11.1 Å². The molecule has 3 heteroatoms. The van der Waals surface area contributed by atoms with Crippen LogP contribution in [-0.4, -0.2) is 12.5 Å². The molecule has 1 aromatic rings. The summed E-state index contributed by atoms with van der Waals surface area (Å²) in [7, 11) is 0. The number of carbonyl (C=O) groups excluding carboxylic acids is 1. The van der Waals surface area contributed by atoms with Crippen molar-refractivity contribution in [2.24, 2.45) is 17.1 Å². The molecule has 0 saturated heterocycles. The van der Waals surface area contributed by atoms with Crippen LogP contribution in [0.1, 0.15) is 40.2 Å². The first-order valence-corrected chi connectivity index (χ1v) is 6.78. The second-order valence-electron chi connectivity index (χ2n) is 6.55. The summed E-state index contributed by atoms with van der Waals surface area (Å²) in [4.78, 5) is 12.3. The van der Waals surface area contributed by atoms with E-state index in [-0.39, 0.29) is 11.3 Å². The number of nitrogens with two attached hydrogens (primary N) is 1. The Kier molecular flexibility index (Phi) is 4.75. The average molecular weight is 262 g/mol. The van der Waals surface area contributed by atoms with E-state index in [1.54, 1.807) is 6.92 Å². The summed E-state index contributed by atoms with van der Waals surface area (Å²) in [6, 6.07) is 9.47. The molecule has 0 aliphatic heterocycles. The summed E-state index contributed by atoms with van der Waals surface area (Å²) in [5.74, 6) is 0.262. The van der Waals surface area contributed by atoms with Gasteiger partial charge in [0.1, 0.15) is 5.54 Å². The Morgan fingerprint density at radius 1 is 1.21 bits per heavy atom. The molecule has 0 spiro atoms. The van der Waals surface area contributed by atoms with E-state index in [1.165, 1.54) is 0 Å². The molecular weight excluding hydrogens is 236 g/mol. The number of amides is 1. The highest BCUT2D eigenvalue weighted by molar-refractivity contribution is 5.86. The number of benzene rings is 1. The van der Waals surface area contributed by atoms with Crippen molar-refractivity contribution in [2.75, 3.05) is 6.54 Å². The van der Waals surface area contributed by atoms with Gasteiger partial charge in [-0.05, 0) is 23.8 Å². The minimum atomic E-state index is -0.987. The first kappa shape index (κ1) is 15.7. The Balaban J connectivity index is 2.68. The first-order chi connectivity index (χ1) is 8.65. The van der Waals surface area contributed by atoms with Crippen molar-refractivity contribution in [3.05, 3.63) is 35.9 Å². The zero-order valence-corrected chi connectivity index (χ0v) is 12.7. The predicted molar refractivity (Wildman–Crippen MR) is 79.6 cm³/mol. The van der Waals surface area contributed by atoms with E-state index in [9.17, 15) is 4.79 Å². The van der Waals surface area contributed by atoms with Crippen molar-refractivity contribution in [2.45, 2.75) is 40.2 Å². The summed E-state index contributed by atoms with van der Waals surface area (Å²) < 4.78 is 0. The molecule has 0 bridgehead atoms. The second-order valence-corrected chi connectivity index (χ2v) is 6.55. The van der Waals surface area contributed by atoms with E-state index >= 15 is 0 Å². The number of nitrogens with one attached hydrogen (secondary N) is 1. The Morgan fingerprint density at radius 2 is 1.74 bits per heavy atom. The lowest BCUT2D eigenvalue weighted by Gasteiger charge is -2.30. The molecular formula is C16H26N2O. The van der Waals surface area contributed by atoms with Crippen LogP contribution >= 0.6 is 0 Å². The molecule has 1 amide bonds. The molecule has 2 unspecified atom stereocenters. The number of carbonyl (C=O) groups is 1. The van der Waals surface area contributed by atoms with Gasteiger partial charge in [0.25, 0.3) is 0 Å². The van der Waals surface area contributed by atoms with Crippen molar-refractivity contribution < 1.29 is 4.79 Å². The van der Waals surface area contributed by atoms with Crippen molar-refractivity contribution >= 4 is 5.91 Å². The molecule has 0 aromatic heterocycles. The molecule has 19 heavy (non-hydrogen) atoms. The smallest absolute Gasteiger partial charge is 0.244 e. The van der Waals surface area contributed by atoms with Crippen LogP contribution in [0.2, 0.25) is 0 Å². The van der Waals surface area contributed by atoms with Gasteiger partial charge in [0.05, 0.1) is 0 Å². The van der Waals surface area contributed by atoms with Gasteiger partial charge < -0.3 is 11.1 Å². The van der Waals surface area contributed by atoms with Gasteiger partial charge in [0.15, 0.2) is 0 Å². The summed E-state index contributed by atoms with van der Waals surface area (Å²) in [5, 5.41) is 2.96. The molecule has 0 radical (unpaired) electrons. The molecule has 3 N–H and O–H groups in total. The zero-order valence-electron chi connectivity index (χ0n) is 12.7. The molecule has 1 aromatic carbocycles. The first-order valence-electron chi connectivity index (χ1n) is 6.78. The summed E-state index contributed by atoms with van der Waals surface area (Å²) in [6.45, 7) is 11.0. The molecule has 0 aliphatic rings. The van der Waals surface area contributed by atoms with Gasteiger partial charge in [-0.3, -0.25) is 4.79 Å². The van der Waals surface area contributed by atoms with Crippen LogP contribution in [0.25, 0.3) is 0 Å². The van der Waals surface area contributed by atoms with E-state index in [2.05, 4.69) is 33.0 Å². The second kappa shape index (κ2) is 5.74. The predicted octanol–water partition coefficient (Wildman–Crippen LogP) is 2.66. The minimum Gasteiger partial charge on any atom is -0.354 e. The Labute approximate surface area is 116 Å². The molecule has 1 rings (SSSR count). The van der Waals surface area contributed by atoms with Crippen LogP contribution in [0.5, 0.6) is 0 Å². The Hall–Kier alpha value is -1.35. The maximum atomic E-state index is 12.3. The number of hydrogen-bond acceptors (Lipinski definition) is 2. The third kappa shape index (κ3) is 4.06. The highest BCUT2D eigenvalue weighted by atomic mass is 16.2. The summed E-state index contributed by atoms with van der Waals surface area (Å²) in [6.07, 6.45) is 0. The van der Waals surface area contributed by atoms with E-state index in [0.29, 0.717) is 12.5 Å². The largest absolute Gasteiger partial charge is 0.354 e. The average Bonchev–Trinajstić information content (AvgIpc) is 2.35. The van der Waals surface area contributed by atoms with E-state index in [0.717, 1.165) is 5.56 Å². The van der Waals surface area contributed by atoms with Crippen molar-refractivity contribution in [1.82, 2.24) is 5.32 Å². The highest BCUT2D eigenvalue weighted by Gasteiger charge is 2.31. The Morgan fingerprint density at radius 3 is 2.21 bits per heavy atom. The topological polar surface area (TPSA) is 55.1 Å². The third-order valence-electron chi connectivity index (χ3n) is 3.89. The van der Waals surface area contributed by atoms with Gasteiger partial charge in [-0.15, -0.1) is 0 Å². The lowest BCUT2D eigenvalue weighted by molar-refractivity contribution is -0.126. The minimum absolute atomic E-state index is 0.130. The standard InChI is InChI=1S/C16H26N2O/c1-12(15(2,3)4)11-18-14(19)16(5,17)13-9-7-6-8-10-13/h6-10,12H,11,17H2,1-5H3,(H,18,19). The maximum absolute atomic E-state index is 12.3. The molecule has 3 nitrogen and oxygen atoms in total. The molecule has 0 aliphatic carbocycles.